The summed E-state index contributed by atoms with van der Waals surface area (Å²) in [5, 5.41) is -0.741. The summed E-state index contributed by atoms with van der Waals surface area (Å²) >= 11 is 5.19. The highest BCUT2D eigenvalue weighted by Gasteiger charge is 2.31. The first-order chi connectivity index (χ1) is 12.5. The van der Waals surface area contributed by atoms with Crippen molar-refractivity contribution in [2.45, 2.75) is 11.1 Å². The minimum Gasteiger partial charge on any atom is -0.495 e. The number of nitrogens with one attached hydrogen (secondary N) is 1. The van der Waals surface area contributed by atoms with Gasteiger partial charge in [-0.1, -0.05) is 18.2 Å². The maximum atomic E-state index is 12.9. The summed E-state index contributed by atoms with van der Waals surface area (Å²) in [6, 6.07) is 7.88. The van der Waals surface area contributed by atoms with E-state index in [9.17, 15) is 26.4 Å². The molecule has 10 heteroatoms. The van der Waals surface area contributed by atoms with Gasteiger partial charge in [0.25, 0.3) is 10.0 Å². The van der Waals surface area contributed by atoms with Crippen molar-refractivity contribution in [1.82, 2.24) is 0 Å². The van der Waals surface area contributed by atoms with Gasteiger partial charge in [0.1, 0.15) is 5.75 Å². The number of benzene rings is 2. The number of sulfonamides is 1. The molecule has 2 aromatic carbocycles. The van der Waals surface area contributed by atoms with Crippen molar-refractivity contribution < 1.29 is 31.1 Å². The normalized spacial score (nSPS) is 12.2. The van der Waals surface area contributed by atoms with Gasteiger partial charge in [-0.2, -0.15) is 13.2 Å². The first-order valence-electron chi connectivity index (χ1n) is 7.28. The van der Waals surface area contributed by atoms with Crippen LogP contribution < -0.4 is 9.46 Å². The largest absolute Gasteiger partial charge is 0.495 e. The Hall–Kier alpha value is -2.52. The van der Waals surface area contributed by atoms with Gasteiger partial charge >= 0.3 is 6.18 Å². The van der Waals surface area contributed by atoms with Crippen LogP contribution in [-0.2, 0) is 21.0 Å². The van der Waals surface area contributed by atoms with Gasteiger partial charge in [-0.3, -0.25) is 9.52 Å². The van der Waals surface area contributed by atoms with Crippen molar-refractivity contribution in [1.29, 1.82) is 0 Å². The molecule has 0 aliphatic rings. The highest BCUT2D eigenvalue weighted by molar-refractivity contribution is 7.92. The predicted molar refractivity (Wildman–Crippen MR) is 95.1 cm³/mol. The van der Waals surface area contributed by atoms with Crippen LogP contribution in [0.15, 0.2) is 53.4 Å². The number of hydrogen-bond acceptors (Lipinski definition) is 4. The second-order valence-electron chi connectivity index (χ2n) is 5.23. The quantitative estimate of drug-likeness (QED) is 0.560. The number of allylic oxidation sites excluding steroid dienone is 1. The van der Waals surface area contributed by atoms with Crippen LogP contribution in [0.5, 0.6) is 5.75 Å². The predicted octanol–water partition coefficient (Wildman–Crippen LogP) is 4.29. The molecule has 0 aromatic heterocycles. The number of anilines is 1. The fourth-order valence-corrected chi connectivity index (χ4v) is 3.29. The topological polar surface area (TPSA) is 72.5 Å². The number of alkyl halides is 3. The molecule has 0 saturated carbocycles. The summed E-state index contributed by atoms with van der Waals surface area (Å²) in [4.78, 5) is 10.5. The van der Waals surface area contributed by atoms with Crippen LogP contribution >= 0.6 is 11.6 Å². The zero-order chi connectivity index (χ0) is 20.2. The van der Waals surface area contributed by atoms with E-state index in [4.69, 9.17) is 16.3 Å². The Morgan fingerprint density at radius 1 is 1.19 bits per heavy atom. The lowest BCUT2D eigenvalue weighted by molar-refractivity contribution is -0.137. The average molecular weight is 420 g/mol. The summed E-state index contributed by atoms with van der Waals surface area (Å²) in [6.07, 6.45) is -2.30. The van der Waals surface area contributed by atoms with E-state index in [1.54, 1.807) is 0 Å². The SMILES string of the molecule is COc1ccc(C(F)(F)F)cc1NS(=O)(=O)c1cccc(/C=C/C(=O)Cl)c1. The smallest absolute Gasteiger partial charge is 0.416 e. The third-order valence-corrected chi connectivity index (χ3v) is 4.84. The van der Waals surface area contributed by atoms with Crippen molar-refractivity contribution in [2.75, 3.05) is 11.8 Å². The lowest BCUT2D eigenvalue weighted by atomic mass is 10.2. The highest BCUT2D eigenvalue weighted by Crippen LogP contribution is 2.35. The number of halogens is 4. The van der Waals surface area contributed by atoms with E-state index in [2.05, 4.69) is 4.72 Å². The third kappa shape index (κ3) is 5.48. The Morgan fingerprint density at radius 2 is 1.89 bits per heavy atom. The van der Waals surface area contributed by atoms with E-state index < -0.39 is 27.0 Å². The summed E-state index contributed by atoms with van der Waals surface area (Å²) in [5.74, 6) is -0.0737. The van der Waals surface area contributed by atoms with E-state index >= 15 is 0 Å². The minimum atomic E-state index is -4.65. The van der Waals surface area contributed by atoms with Crippen molar-refractivity contribution >= 4 is 38.6 Å². The number of methoxy groups -OCH3 is 1. The maximum Gasteiger partial charge on any atom is 0.416 e. The molecule has 0 spiro atoms. The van der Waals surface area contributed by atoms with Crippen molar-refractivity contribution in [2.24, 2.45) is 0 Å². The number of ether oxygens (including phenoxy) is 1. The fourth-order valence-electron chi connectivity index (χ4n) is 2.11. The van der Waals surface area contributed by atoms with Crippen molar-refractivity contribution in [3.63, 3.8) is 0 Å². The molecule has 0 unspecified atom stereocenters. The van der Waals surface area contributed by atoms with Crippen LogP contribution in [-0.4, -0.2) is 20.8 Å². The first-order valence-corrected chi connectivity index (χ1v) is 9.15. The molecular weight excluding hydrogens is 407 g/mol. The second kappa shape index (κ2) is 8.01. The molecule has 0 amide bonds. The average Bonchev–Trinajstić information content (AvgIpc) is 2.59. The number of rotatable bonds is 6. The molecular formula is C17H13ClF3NO4S. The zero-order valence-electron chi connectivity index (χ0n) is 13.7. The van der Waals surface area contributed by atoms with E-state index in [0.717, 1.165) is 18.2 Å². The summed E-state index contributed by atoms with van der Waals surface area (Å²) in [7, 11) is -3.02. The Labute approximate surface area is 158 Å². The minimum absolute atomic E-state index is 0.0737. The van der Waals surface area contributed by atoms with E-state index in [0.29, 0.717) is 11.6 Å². The lowest BCUT2D eigenvalue weighted by Crippen LogP contribution is -2.15. The molecule has 27 heavy (non-hydrogen) atoms. The van der Waals surface area contributed by atoms with E-state index in [-0.39, 0.29) is 16.3 Å². The number of carbonyl (C=O) groups is 1. The lowest BCUT2D eigenvalue weighted by Gasteiger charge is -2.15. The standard InChI is InChI=1S/C17H13ClF3NO4S/c1-26-15-7-6-12(17(19,20)21)10-14(15)22-27(24,25)13-4-2-3-11(9-13)5-8-16(18)23/h2-10,22H,1H3/b8-5+. The zero-order valence-corrected chi connectivity index (χ0v) is 15.3. The van der Waals surface area contributed by atoms with Crippen LogP contribution in [0, 0.1) is 0 Å². The second-order valence-corrected chi connectivity index (χ2v) is 7.28. The maximum absolute atomic E-state index is 12.9. The van der Waals surface area contributed by atoms with Crippen LogP contribution in [0.1, 0.15) is 11.1 Å². The van der Waals surface area contributed by atoms with Gasteiger partial charge < -0.3 is 4.74 Å². The fraction of sp³-hybridized carbons (Fsp3) is 0.118. The Balaban J connectivity index is 2.42. The van der Waals surface area contributed by atoms with Gasteiger partial charge in [0, 0.05) is 0 Å². The van der Waals surface area contributed by atoms with E-state index in [1.165, 1.54) is 37.5 Å². The van der Waals surface area contributed by atoms with Crippen LogP contribution in [0.25, 0.3) is 6.08 Å². The molecule has 2 aromatic rings. The van der Waals surface area contributed by atoms with Gasteiger partial charge in [-0.05, 0) is 53.6 Å². The molecule has 0 saturated heterocycles. The van der Waals surface area contributed by atoms with Crippen molar-refractivity contribution in [3.8, 4) is 5.75 Å². The molecule has 0 heterocycles. The highest BCUT2D eigenvalue weighted by atomic mass is 35.5. The molecule has 144 valence electrons. The first kappa shape index (κ1) is 20.8. The molecule has 0 aliphatic heterocycles. The number of hydrogen-bond donors (Lipinski definition) is 1. The molecule has 0 atom stereocenters. The Bertz CT molecular complexity index is 988. The van der Waals surface area contributed by atoms with Gasteiger partial charge in [0.2, 0.25) is 5.24 Å². The third-order valence-electron chi connectivity index (χ3n) is 3.35. The Kier molecular flexibility index (Phi) is 6.17. The molecule has 0 bridgehead atoms. The summed E-state index contributed by atoms with van der Waals surface area (Å²) in [6.45, 7) is 0. The molecule has 0 fully saturated rings. The molecule has 0 aliphatic carbocycles. The molecule has 1 N–H and O–H groups in total. The van der Waals surface area contributed by atoms with Crippen LogP contribution in [0.3, 0.4) is 0 Å². The van der Waals surface area contributed by atoms with Crippen LogP contribution in [0.2, 0.25) is 0 Å². The monoisotopic (exact) mass is 419 g/mol. The summed E-state index contributed by atoms with van der Waals surface area (Å²) < 4.78 is 70.8. The molecule has 0 radical (unpaired) electrons. The van der Waals surface area contributed by atoms with E-state index in [1.807, 2.05) is 0 Å². The van der Waals surface area contributed by atoms with Gasteiger partial charge in [0.05, 0.1) is 23.3 Å². The molecule has 2 rings (SSSR count). The molecule has 5 nitrogen and oxygen atoms in total. The van der Waals surface area contributed by atoms with Gasteiger partial charge in [0.15, 0.2) is 0 Å². The van der Waals surface area contributed by atoms with Crippen molar-refractivity contribution in [3.05, 3.63) is 59.7 Å². The number of carbonyl (C=O) groups excluding carboxylic acids is 1. The van der Waals surface area contributed by atoms with Gasteiger partial charge in [-0.15, -0.1) is 0 Å². The Morgan fingerprint density at radius 3 is 2.48 bits per heavy atom. The summed E-state index contributed by atoms with van der Waals surface area (Å²) in [5.41, 5.74) is -1.02. The van der Waals surface area contributed by atoms with Crippen LogP contribution in [0.4, 0.5) is 18.9 Å². The van der Waals surface area contributed by atoms with Gasteiger partial charge in [-0.25, -0.2) is 8.42 Å².